The minimum atomic E-state index is -3.72. The summed E-state index contributed by atoms with van der Waals surface area (Å²) in [6.45, 7) is -0.0507. The topological polar surface area (TPSA) is 98.5 Å². The van der Waals surface area contributed by atoms with E-state index in [0.29, 0.717) is 10.6 Å². The van der Waals surface area contributed by atoms with Gasteiger partial charge in [-0.3, -0.25) is 4.79 Å². The molecule has 2 rings (SSSR count). The van der Waals surface area contributed by atoms with Gasteiger partial charge in [-0.15, -0.1) is 11.3 Å². The fourth-order valence-corrected chi connectivity index (χ4v) is 3.24. The summed E-state index contributed by atoms with van der Waals surface area (Å²) in [7, 11) is -3.72. The molecule has 0 unspecified atom stereocenters. The summed E-state index contributed by atoms with van der Waals surface area (Å²) in [6, 6.07) is 8.25. The molecule has 2 aromatic rings. The van der Waals surface area contributed by atoms with Crippen LogP contribution in [0.15, 0.2) is 40.6 Å². The highest BCUT2D eigenvalue weighted by Crippen LogP contribution is 2.19. The van der Waals surface area contributed by atoms with Crippen LogP contribution in [0.1, 0.15) is 4.88 Å². The molecule has 0 saturated heterocycles. The van der Waals surface area contributed by atoms with E-state index in [4.69, 9.17) is 9.88 Å². The predicted octanol–water partition coefficient (Wildman–Crippen LogP) is 1.23. The van der Waals surface area contributed by atoms with Crippen molar-refractivity contribution in [2.75, 3.05) is 6.61 Å². The molecule has 0 aliphatic carbocycles. The van der Waals surface area contributed by atoms with Crippen molar-refractivity contribution in [2.24, 2.45) is 5.14 Å². The van der Waals surface area contributed by atoms with Crippen LogP contribution in [0.25, 0.3) is 0 Å². The van der Waals surface area contributed by atoms with E-state index in [1.54, 1.807) is 6.07 Å². The van der Waals surface area contributed by atoms with E-state index < -0.39 is 10.0 Å². The molecule has 0 radical (unpaired) electrons. The molecule has 9 heteroatoms. The second kappa shape index (κ2) is 6.86. The Bertz CT molecular complexity index is 757. The summed E-state index contributed by atoms with van der Waals surface area (Å²) in [4.78, 5) is 12.3. The number of halogens is 1. The number of benzene rings is 1. The average molecular weight is 344 g/mol. The minimum Gasteiger partial charge on any atom is -0.484 e. The third-order valence-corrected chi connectivity index (χ3v) is 5.08. The van der Waals surface area contributed by atoms with Crippen LogP contribution in [0.2, 0.25) is 0 Å². The van der Waals surface area contributed by atoms with Gasteiger partial charge in [0.25, 0.3) is 5.91 Å². The molecule has 3 N–H and O–H groups in total. The Morgan fingerprint density at radius 3 is 2.50 bits per heavy atom. The maximum Gasteiger partial charge on any atom is 0.258 e. The first-order chi connectivity index (χ1) is 10.3. The number of hydrogen-bond donors (Lipinski definition) is 2. The number of carbonyl (C=O) groups is 1. The Labute approximate surface area is 130 Å². The first-order valence-corrected chi connectivity index (χ1v) is 8.47. The standard InChI is InChI=1S/C13H13FN2O4S2/c14-9-1-3-10(4-2-9)20-8-12(17)16-7-11-5-6-13(21-11)22(15,18)19/h1-6H,7-8H2,(H,16,17)(H2,15,18,19). The number of sulfonamides is 1. The zero-order valence-corrected chi connectivity index (χ0v) is 12.9. The summed E-state index contributed by atoms with van der Waals surface area (Å²) in [5, 5.41) is 7.58. The molecule has 6 nitrogen and oxygen atoms in total. The number of ether oxygens (including phenoxy) is 1. The zero-order valence-electron chi connectivity index (χ0n) is 11.3. The van der Waals surface area contributed by atoms with E-state index in [2.05, 4.69) is 5.32 Å². The predicted molar refractivity (Wildman–Crippen MR) is 79.4 cm³/mol. The van der Waals surface area contributed by atoms with E-state index >= 15 is 0 Å². The van der Waals surface area contributed by atoms with Gasteiger partial charge in [0.15, 0.2) is 6.61 Å². The number of carbonyl (C=O) groups excluding carboxylic acids is 1. The summed E-state index contributed by atoms with van der Waals surface area (Å²) in [5.41, 5.74) is 0. The van der Waals surface area contributed by atoms with Crippen LogP contribution in [-0.2, 0) is 21.4 Å². The van der Waals surface area contributed by atoms with Crippen molar-refractivity contribution in [3.05, 3.63) is 47.1 Å². The highest BCUT2D eigenvalue weighted by molar-refractivity contribution is 7.91. The maximum absolute atomic E-state index is 12.7. The van der Waals surface area contributed by atoms with Gasteiger partial charge in [-0.05, 0) is 36.4 Å². The summed E-state index contributed by atoms with van der Waals surface area (Å²) in [5.74, 6) is -0.390. The number of rotatable bonds is 6. The number of thiophene rings is 1. The molecule has 1 aromatic heterocycles. The first-order valence-electron chi connectivity index (χ1n) is 6.11. The number of hydrogen-bond acceptors (Lipinski definition) is 5. The van der Waals surface area contributed by atoms with Gasteiger partial charge in [0.1, 0.15) is 15.8 Å². The molecule has 0 bridgehead atoms. The molecular formula is C13H13FN2O4S2. The number of amides is 1. The molecule has 0 atom stereocenters. The van der Waals surface area contributed by atoms with Crippen molar-refractivity contribution < 1.29 is 22.3 Å². The molecule has 0 aliphatic heterocycles. The Hall–Kier alpha value is -1.97. The van der Waals surface area contributed by atoms with E-state index in [1.165, 1.54) is 30.3 Å². The van der Waals surface area contributed by atoms with Gasteiger partial charge in [0.2, 0.25) is 10.0 Å². The minimum absolute atomic E-state index is 0.0410. The molecule has 1 amide bonds. The molecule has 0 spiro atoms. The molecule has 0 saturated carbocycles. The molecule has 1 heterocycles. The third kappa shape index (κ3) is 4.79. The second-order valence-electron chi connectivity index (χ2n) is 4.29. The number of nitrogens with one attached hydrogen (secondary N) is 1. The molecule has 1 aromatic carbocycles. The summed E-state index contributed by atoms with van der Waals surface area (Å²) in [6.07, 6.45) is 0. The lowest BCUT2D eigenvalue weighted by atomic mass is 10.3. The van der Waals surface area contributed by atoms with E-state index in [1.807, 2.05) is 0 Å². The normalized spacial score (nSPS) is 11.2. The van der Waals surface area contributed by atoms with Gasteiger partial charge in [0, 0.05) is 4.88 Å². The number of primary sulfonamides is 1. The lowest BCUT2D eigenvalue weighted by molar-refractivity contribution is -0.123. The lowest BCUT2D eigenvalue weighted by Crippen LogP contribution is -2.28. The highest BCUT2D eigenvalue weighted by atomic mass is 32.2. The van der Waals surface area contributed by atoms with Crippen LogP contribution >= 0.6 is 11.3 Å². The van der Waals surface area contributed by atoms with Gasteiger partial charge < -0.3 is 10.1 Å². The van der Waals surface area contributed by atoms with Crippen molar-refractivity contribution in [1.82, 2.24) is 5.32 Å². The fourth-order valence-electron chi connectivity index (χ4n) is 1.52. The molecule has 0 aliphatic rings. The van der Waals surface area contributed by atoms with Crippen LogP contribution in [0, 0.1) is 5.82 Å². The summed E-state index contributed by atoms with van der Waals surface area (Å²) >= 11 is 0.988. The van der Waals surface area contributed by atoms with Crippen molar-refractivity contribution >= 4 is 27.3 Å². The van der Waals surface area contributed by atoms with Gasteiger partial charge in [-0.25, -0.2) is 17.9 Å². The van der Waals surface area contributed by atoms with Crippen molar-refractivity contribution in [2.45, 2.75) is 10.8 Å². The van der Waals surface area contributed by atoms with Crippen molar-refractivity contribution in [1.29, 1.82) is 0 Å². The summed E-state index contributed by atoms with van der Waals surface area (Å²) < 4.78 is 40.2. The quantitative estimate of drug-likeness (QED) is 0.823. The second-order valence-corrected chi connectivity index (χ2v) is 7.24. The van der Waals surface area contributed by atoms with E-state index in [9.17, 15) is 17.6 Å². The van der Waals surface area contributed by atoms with Gasteiger partial charge >= 0.3 is 0 Å². The average Bonchev–Trinajstić information content (AvgIpc) is 2.93. The van der Waals surface area contributed by atoms with Crippen LogP contribution in [0.4, 0.5) is 4.39 Å². The van der Waals surface area contributed by atoms with Gasteiger partial charge in [-0.2, -0.15) is 0 Å². The van der Waals surface area contributed by atoms with Crippen LogP contribution < -0.4 is 15.2 Å². The fraction of sp³-hybridized carbons (Fsp3) is 0.154. The van der Waals surface area contributed by atoms with Gasteiger partial charge in [0.05, 0.1) is 6.54 Å². The van der Waals surface area contributed by atoms with E-state index in [-0.39, 0.29) is 29.1 Å². The first kappa shape index (κ1) is 16.4. The van der Waals surface area contributed by atoms with Crippen molar-refractivity contribution in [3.8, 4) is 5.75 Å². The Morgan fingerprint density at radius 1 is 1.23 bits per heavy atom. The Morgan fingerprint density at radius 2 is 1.91 bits per heavy atom. The van der Waals surface area contributed by atoms with Crippen LogP contribution in [-0.4, -0.2) is 20.9 Å². The molecular weight excluding hydrogens is 331 g/mol. The monoisotopic (exact) mass is 344 g/mol. The number of nitrogens with two attached hydrogens (primary N) is 1. The molecule has 22 heavy (non-hydrogen) atoms. The van der Waals surface area contributed by atoms with Gasteiger partial charge in [-0.1, -0.05) is 0 Å². The van der Waals surface area contributed by atoms with Crippen molar-refractivity contribution in [3.63, 3.8) is 0 Å². The lowest BCUT2D eigenvalue weighted by Gasteiger charge is -2.06. The van der Waals surface area contributed by atoms with E-state index in [0.717, 1.165) is 11.3 Å². The largest absolute Gasteiger partial charge is 0.484 e. The smallest absolute Gasteiger partial charge is 0.258 e. The molecule has 0 fully saturated rings. The maximum atomic E-state index is 12.7. The van der Waals surface area contributed by atoms with Crippen LogP contribution in [0.3, 0.4) is 0 Å². The third-order valence-electron chi connectivity index (χ3n) is 2.56. The zero-order chi connectivity index (χ0) is 16.2. The van der Waals surface area contributed by atoms with Crippen LogP contribution in [0.5, 0.6) is 5.75 Å². The Kier molecular flexibility index (Phi) is 5.11. The molecule has 118 valence electrons. The highest BCUT2D eigenvalue weighted by Gasteiger charge is 2.11. The SMILES string of the molecule is NS(=O)(=O)c1ccc(CNC(=O)COc2ccc(F)cc2)s1. The Balaban J connectivity index is 1.80.